The highest BCUT2D eigenvalue weighted by Crippen LogP contribution is 2.19. The monoisotopic (exact) mass is 207 g/mol. The molecule has 4 nitrogen and oxygen atoms in total. The molecule has 0 saturated carbocycles. The maximum atomic E-state index is 10.9. The van der Waals surface area contributed by atoms with E-state index in [9.17, 15) is 4.79 Å². The maximum absolute atomic E-state index is 10.9. The van der Waals surface area contributed by atoms with Crippen molar-refractivity contribution in [2.24, 2.45) is 0 Å². The summed E-state index contributed by atoms with van der Waals surface area (Å²) in [6.07, 6.45) is 3.79. The number of nitrogen functional groups attached to an aromatic ring is 1. The molecule has 0 aromatic heterocycles. The molecule has 80 valence electrons. The van der Waals surface area contributed by atoms with E-state index in [0.29, 0.717) is 17.7 Å². The Bertz CT molecular complexity index is 385. The summed E-state index contributed by atoms with van der Waals surface area (Å²) < 4.78 is 0. The van der Waals surface area contributed by atoms with Crippen molar-refractivity contribution in [3.8, 4) is 0 Å². The van der Waals surface area contributed by atoms with Gasteiger partial charge in [-0.2, -0.15) is 0 Å². The summed E-state index contributed by atoms with van der Waals surface area (Å²) in [5, 5.41) is 17.5. The van der Waals surface area contributed by atoms with Gasteiger partial charge in [0.1, 0.15) is 0 Å². The molecule has 0 bridgehead atoms. The van der Waals surface area contributed by atoms with Crippen LogP contribution in [0.3, 0.4) is 0 Å². The number of aliphatic hydroxyl groups excluding tert-OH is 1. The number of carbonyl (C=O) groups is 1. The van der Waals surface area contributed by atoms with Gasteiger partial charge in [-0.3, -0.25) is 0 Å². The molecular weight excluding hydrogens is 194 g/mol. The summed E-state index contributed by atoms with van der Waals surface area (Å²) in [4.78, 5) is 10.9. The predicted molar refractivity (Wildman–Crippen MR) is 58.6 cm³/mol. The lowest BCUT2D eigenvalue weighted by Crippen LogP contribution is -2.02. The van der Waals surface area contributed by atoms with Crippen molar-refractivity contribution < 1.29 is 15.0 Å². The van der Waals surface area contributed by atoms with Gasteiger partial charge in [0.2, 0.25) is 0 Å². The Kier molecular flexibility index (Phi) is 3.88. The Morgan fingerprint density at radius 2 is 2.20 bits per heavy atom. The first-order valence-electron chi connectivity index (χ1n) is 4.56. The standard InChI is InChI=1S/C11H13NO3/c12-10-6-3-5-9(11(14)15)8(10)4-1-2-7-13/h1,3-6,13H,2,7,12H2,(H,14,15). The van der Waals surface area contributed by atoms with Gasteiger partial charge < -0.3 is 15.9 Å². The van der Waals surface area contributed by atoms with Crippen molar-refractivity contribution in [3.05, 3.63) is 35.4 Å². The van der Waals surface area contributed by atoms with Gasteiger partial charge in [-0.25, -0.2) is 4.79 Å². The van der Waals surface area contributed by atoms with Crippen molar-refractivity contribution in [1.82, 2.24) is 0 Å². The number of aliphatic hydroxyl groups is 1. The molecule has 15 heavy (non-hydrogen) atoms. The zero-order chi connectivity index (χ0) is 11.3. The molecule has 0 unspecified atom stereocenters. The SMILES string of the molecule is Nc1cccc(C(=O)O)c1C=CCCO. The van der Waals surface area contributed by atoms with Crippen LogP contribution in [0.5, 0.6) is 0 Å². The second kappa shape index (κ2) is 5.17. The van der Waals surface area contributed by atoms with Gasteiger partial charge in [-0.05, 0) is 18.6 Å². The topological polar surface area (TPSA) is 83.6 Å². The van der Waals surface area contributed by atoms with Crippen LogP contribution in [0.2, 0.25) is 0 Å². The number of aromatic carboxylic acids is 1. The average molecular weight is 207 g/mol. The van der Waals surface area contributed by atoms with E-state index in [2.05, 4.69) is 0 Å². The molecule has 0 aliphatic heterocycles. The fourth-order valence-corrected chi connectivity index (χ4v) is 1.23. The van der Waals surface area contributed by atoms with Crippen molar-refractivity contribution >= 4 is 17.7 Å². The molecule has 0 spiro atoms. The number of carboxylic acid groups (broad SMARTS) is 1. The van der Waals surface area contributed by atoms with Gasteiger partial charge in [-0.15, -0.1) is 0 Å². The molecule has 0 amide bonds. The average Bonchev–Trinajstić information content (AvgIpc) is 2.20. The smallest absolute Gasteiger partial charge is 0.336 e. The summed E-state index contributed by atoms with van der Waals surface area (Å²) in [5.74, 6) is -1.01. The van der Waals surface area contributed by atoms with Crippen LogP contribution in [0.25, 0.3) is 6.08 Å². The number of hydrogen-bond acceptors (Lipinski definition) is 3. The van der Waals surface area contributed by atoms with Crippen LogP contribution in [0, 0.1) is 0 Å². The van der Waals surface area contributed by atoms with Gasteiger partial charge in [-0.1, -0.05) is 18.2 Å². The Labute approximate surface area is 87.7 Å². The fraction of sp³-hybridized carbons (Fsp3) is 0.182. The summed E-state index contributed by atoms with van der Waals surface area (Å²) in [7, 11) is 0. The molecule has 4 N–H and O–H groups in total. The van der Waals surface area contributed by atoms with Gasteiger partial charge >= 0.3 is 5.97 Å². The van der Waals surface area contributed by atoms with Crippen LogP contribution in [0.4, 0.5) is 5.69 Å². The molecule has 0 radical (unpaired) electrons. The van der Waals surface area contributed by atoms with Crippen molar-refractivity contribution in [1.29, 1.82) is 0 Å². The number of carboxylic acids is 1. The second-order valence-electron chi connectivity index (χ2n) is 3.03. The van der Waals surface area contributed by atoms with Crippen LogP contribution in [-0.2, 0) is 0 Å². The highest BCUT2D eigenvalue weighted by Gasteiger charge is 2.09. The molecule has 4 heteroatoms. The first-order valence-corrected chi connectivity index (χ1v) is 4.56. The minimum atomic E-state index is -1.01. The summed E-state index contributed by atoms with van der Waals surface area (Å²) >= 11 is 0. The lowest BCUT2D eigenvalue weighted by atomic mass is 10.0. The Morgan fingerprint density at radius 1 is 1.47 bits per heavy atom. The van der Waals surface area contributed by atoms with E-state index in [0.717, 1.165) is 0 Å². The van der Waals surface area contributed by atoms with Gasteiger partial charge in [0.15, 0.2) is 0 Å². The van der Waals surface area contributed by atoms with Crippen molar-refractivity contribution in [2.45, 2.75) is 6.42 Å². The Balaban J connectivity index is 3.07. The van der Waals surface area contributed by atoms with E-state index in [1.807, 2.05) is 0 Å². The Morgan fingerprint density at radius 3 is 2.80 bits per heavy atom. The summed E-state index contributed by atoms with van der Waals surface area (Å²) in [5.41, 5.74) is 6.74. The lowest BCUT2D eigenvalue weighted by Gasteiger charge is -2.04. The molecule has 1 rings (SSSR count). The third-order valence-electron chi connectivity index (χ3n) is 1.95. The molecule has 0 atom stereocenters. The highest BCUT2D eigenvalue weighted by molar-refractivity contribution is 5.94. The van der Waals surface area contributed by atoms with Crippen LogP contribution < -0.4 is 5.73 Å². The maximum Gasteiger partial charge on any atom is 0.336 e. The van der Waals surface area contributed by atoms with Crippen LogP contribution in [0.15, 0.2) is 24.3 Å². The first kappa shape index (κ1) is 11.3. The van der Waals surface area contributed by atoms with E-state index in [-0.39, 0.29) is 12.2 Å². The zero-order valence-electron chi connectivity index (χ0n) is 8.18. The lowest BCUT2D eigenvalue weighted by molar-refractivity contribution is 0.0696. The highest BCUT2D eigenvalue weighted by atomic mass is 16.4. The molecule has 0 heterocycles. The molecule has 0 fully saturated rings. The fourth-order valence-electron chi connectivity index (χ4n) is 1.23. The molecule has 1 aromatic carbocycles. The van der Waals surface area contributed by atoms with E-state index in [1.165, 1.54) is 6.07 Å². The number of anilines is 1. The first-order chi connectivity index (χ1) is 7.16. The second-order valence-corrected chi connectivity index (χ2v) is 3.03. The minimum Gasteiger partial charge on any atom is -0.478 e. The third kappa shape index (κ3) is 2.82. The third-order valence-corrected chi connectivity index (χ3v) is 1.95. The largest absolute Gasteiger partial charge is 0.478 e. The van der Waals surface area contributed by atoms with Gasteiger partial charge in [0, 0.05) is 17.9 Å². The predicted octanol–water partition coefficient (Wildman–Crippen LogP) is 1.36. The van der Waals surface area contributed by atoms with E-state index < -0.39 is 5.97 Å². The molecule has 0 aliphatic carbocycles. The van der Waals surface area contributed by atoms with Gasteiger partial charge in [0.25, 0.3) is 0 Å². The van der Waals surface area contributed by atoms with Crippen molar-refractivity contribution in [2.75, 3.05) is 12.3 Å². The van der Waals surface area contributed by atoms with Crippen LogP contribution >= 0.6 is 0 Å². The molecule has 1 aromatic rings. The van der Waals surface area contributed by atoms with Crippen LogP contribution in [0.1, 0.15) is 22.3 Å². The normalized spacial score (nSPS) is 10.7. The summed E-state index contributed by atoms with van der Waals surface area (Å²) in [6, 6.07) is 4.74. The van der Waals surface area contributed by atoms with E-state index in [4.69, 9.17) is 15.9 Å². The number of hydrogen-bond donors (Lipinski definition) is 3. The van der Waals surface area contributed by atoms with Crippen LogP contribution in [-0.4, -0.2) is 22.8 Å². The molecule has 0 saturated heterocycles. The number of rotatable bonds is 4. The number of nitrogens with two attached hydrogens (primary N) is 1. The van der Waals surface area contributed by atoms with E-state index >= 15 is 0 Å². The summed E-state index contributed by atoms with van der Waals surface area (Å²) in [6.45, 7) is 0.0334. The number of benzene rings is 1. The molecular formula is C11H13NO3. The minimum absolute atomic E-state index is 0.0334. The molecule has 0 aliphatic rings. The Hall–Kier alpha value is -1.81. The van der Waals surface area contributed by atoms with E-state index in [1.54, 1.807) is 24.3 Å². The van der Waals surface area contributed by atoms with Gasteiger partial charge in [0.05, 0.1) is 5.56 Å². The zero-order valence-corrected chi connectivity index (χ0v) is 8.18. The van der Waals surface area contributed by atoms with Crippen molar-refractivity contribution in [3.63, 3.8) is 0 Å². The quantitative estimate of drug-likeness (QED) is 0.651.